The van der Waals surface area contributed by atoms with Gasteiger partial charge >= 0.3 is 0 Å². The number of para-hydroxylation sites is 1. The van der Waals surface area contributed by atoms with E-state index in [-0.39, 0.29) is 5.91 Å². The summed E-state index contributed by atoms with van der Waals surface area (Å²) in [7, 11) is 0. The number of benzene rings is 2. The molecule has 2 rings (SSSR count). The van der Waals surface area contributed by atoms with Crippen LogP contribution in [-0.4, -0.2) is 17.0 Å². The van der Waals surface area contributed by atoms with Crippen molar-refractivity contribution >= 4 is 39.5 Å². The number of hydrogen-bond donors (Lipinski definition) is 3. The van der Waals surface area contributed by atoms with Crippen LogP contribution in [-0.2, 0) is 4.79 Å². The van der Waals surface area contributed by atoms with Crippen molar-refractivity contribution in [1.82, 2.24) is 5.48 Å². The third kappa shape index (κ3) is 4.28. The van der Waals surface area contributed by atoms with Crippen LogP contribution in [0.5, 0.6) is 0 Å². The molecule has 112 valence electrons. The van der Waals surface area contributed by atoms with Crippen molar-refractivity contribution in [3.05, 3.63) is 70.2 Å². The first-order valence-electron chi connectivity index (χ1n) is 6.38. The zero-order valence-corrected chi connectivity index (χ0v) is 13.0. The van der Waals surface area contributed by atoms with Gasteiger partial charge in [0.15, 0.2) is 0 Å². The molecule has 6 heteroatoms. The average Bonchev–Trinajstić information content (AvgIpc) is 2.55. The van der Waals surface area contributed by atoms with Crippen molar-refractivity contribution in [1.29, 1.82) is 0 Å². The second-order valence-electron chi connectivity index (χ2n) is 4.37. The van der Waals surface area contributed by atoms with Gasteiger partial charge in [0.1, 0.15) is 0 Å². The summed E-state index contributed by atoms with van der Waals surface area (Å²) in [5.41, 5.74) is 3.31. The van der Waals surface area contributed by atoms with Gasteiger partial charge in [-0.3, -0.25) is 14.8 Å². The van der Waals surface area contributed by atoms with E-state index in [0.29, 0.717) is 16.8 Å². The Morgan fingerprint density at radius 1 is 1.09 bits per heavy atom. The normalized spacial score (nSPS) is 10.5. The Bertz CT molecular complexity index is 729. The molecule has 0 aliphatic rings. The molecule has 0 unspecified atom stereocenters. The lowest BCUT2D eigenvalue weighted by molar-refractivity contribution is -0.124. The summed E-state index contributed by atoms with van der Waals surface area (Å²) in [5.74, 6) is -0.892. The lowest BCUT2D eigenvalue weighted by atomic mass is 10.1. The molecule has 0 aromatic heterocycles. The van der Waals surface area contributed by atoms with Crippen LogP contribution in [0, 0.1) is 0 Å². The average molecular weight is 361 g/mol. The second-order valence-corrected chi connectivity index (χ2v) is 5.22. The minimum atomic E-state index is -0.636. The van der Waals surface area contributed by atoms with Crippen molar-refractivity contribution < 1.29 is 14.8 Å². The first-order valence-corrected chi connectivity index (χ1v) is 7.17. The van der Waals surface area contributed by atoms with Gasteiger partial charge in [-0.25, -0.2) is 5.48 Å². The molecule has 0 bridgehead atoms. The van der Waals surface area contributed by atoms with Gasteiger partial charge in [0.2, 0.25) is 0 Å². The smallest absolute Gasteiger partial charge is 0.267 e. The predicted octanol–water partition coefficient (Wildman–Crippen LogP) is 3.22. The van der Waals surface area contributed by atoms with E-state index >= 15 is 0 Å². The van der Waals surface area contributed by atoms with Crippen LogP contribution in [0.25, 0.3) is 6.08 Å². The molecule has 0 spiro atoms. The molecule has 0 fully saturated rings. The maximum Gasteiger partial charge on any atom is 0.267 e. The molecule has 22 heavy (non-hydrogen) atoms. The van der Waals surface area contributed by atoms with E-state index in [1.165, 1.54) is 17.6 Å². The SMILES string of the molecule is O=C(/C=C/c1cccc(C(=O)Nc2ccccc2Br)c1)NO. The van der Waals surface area contributed by atoms with E-state index < -0.39 is 5.91 Å². The lowest BCUT2D eigenvalue weighted by Gasteiger charge is -2.07. The van der Waals surface area contributed by atoms with Gasteiger partial charge in [0.05, 0.1) is 5.69 Å². The summed E-state index contributed by atoms with van der Waals surface area (Å²) in [4.78, 5) is 23.2. The zero-order chi connectivity index (χ0) is 15.9. The molecule has 0 saturated heterocycles. The fraction of sp³-hybridized carbons (Fsp3) is 0. The van der Waals surface area contributed by atoms with Crippen molar-refractivity contribution in [2.45, 2.75) is 0 Å². The van der Waals surface area contributed by atoms with Gasteiger partial charge in [-0.2, -0.15) is 0 Å². The van der Waals surface area contributed by atoms with Gasteiger partial charge < -0.3 is 5.32 Å². The third-order valence-electron chi connectivity index (χ3n) is 2.81. The number of amides is 2. The molecule has 2 amide bonds. The van der Waals surface area contributed by atoms with E-state index in [1.807, 2.05) is 18.2 Å². The monoisotopic (exact) mass is 360 g/mol. The third-order valence-corrected chi connectivity index (χ3v) is 3.50. The molecule has 0 heterocycles. The number of halogens is 1. The summed E-state index contributed by atoms with van der Waals surface area (Å²) >= 11 is 3.37. The molecule has 0 saturated carbocycles. The van der Waals surface area contributed by atoms with E-state index in [9.17, 15) is 9.59 Å². The van der Waals surface area contributed by atoms with Crippen LogP contribution in [0.15, 0.2) is 59.1 Å². The Morgan fingerprint density at radius 3 is 2.59 bits per heavy atom. The first-order chi connectivity index (χ1) is 10.6. The van der Waals surface area contributed by atoms with Crippen molar-refractivity contribution in [2.75, 3.05) is 5.32 Å². The highest BCUT2D eigenvalue weighted by Gasteiger charge is 2.08. The number of anilines is 1. The van der Waals surface area contributed by atoms with Crippen LogP contribution in [0.3, 0.4) is 0 Å². The highest BCUT2D eigenvalue weighted by molar-refractivity contribution is 9.10. The Morgan fingerprint density at radius 2 is 1.86 bits per heavy atom. The summed E-state index contributed by atoms with van der Waals surface area (Å²) in [5, 5.41) is 11.2. The summed E-state index contributed by atoms with van der Waals surface area (Å²) in [6.07, 6.45) is 2.67. The molecule has 0 radical (unpaired) electrons. The standard InChI is InChI=1S/C16H13BrN2O3/c17-13-6-1-2-7-14(13)18-16(21)12-5-3-4-11(10-12)8-9-15(20)19-22/h1-10,22H,(H,18,21)(H,19,20)/b9-8+. The number of nitrogens with one attached hydrogen (secondary N) is 2. The van der Waals surface area contributed by atoms with Gasteiger partial charge in [-0.05, 0) is 51.8 Å². The lowest BCUT2D eigenvalue weighted by Crippen LogP contribution is -2.14. The zero-order valence-electron chi connectivity index (χ0n) is 11.4. The fourth-order valence-corrected chi connectivity index (χ4v) is 2.13. The molecule has 0 atom stereocenters. The maximum atomic E-state index is 12.2. The number of carbonyl (C=O) groups excluding carboxylic acids is 2. The van der Waals surface area contributed by atoms with Gasteiger partial charge in [-0.15, -0.1) is 0 Å². The molecular formula is C16H13BrN2O3. The largest absolute Gasteiger partial charge is 0.321 e. The van der Waals surface area contributed by atoms with Crippen LogP contribution >= 0.6 is 15.9 Å². The summed E-state index contributed by atoms with van der Waals surface area (Å²) in [6, 6.07) is 14.1. The molecule has 5 nitrogen and oxygen atoms in total. The van der Waals surface area contributed by atoms with E-state index in [0.717, 1.165) is 4.47 Å². The van der Waals surface area contributed by atoms with Crippen LogP contribution in [0.4, 0.5) is 5.69 Å². The Balaban J connectivity index is 2.15. The van der Waals surface area contributed by atoms with E-state index in [1.54, 1.807) is 30.3 Å². The highest BCUT2D eigenvalue weighted by Crippen LogP contribution is 2.22. The molecule has 2 aromatic carbocycles. The van der Waals surface area contributed by atoms with Crippen molar-refractivity contribution in [2.24, 2.45) is 0 Å². The minimum Gasteiger partial charge on any atom is -0.321 e. The first kappa shape index (κ1) is 15.9. The highest BCUT2D eigenvalue weighted by atomic mass is 79.9. The Labute approximate surface area is 135 Å². The number of hydroxylamine groups is 1. The molecule has 0 aliphatic carbocycles. The van der Waals surface area contributed by atoms with Crippen LogP contribution in [0.2, 0.25) is 0 Å². The molecule has 0 aliphatic heterocycles. The van der Waals surface area contributed by atoms with Crippen LogP contribution in [0.1, 0.15) is 15.9 Å². The molecule has 2 aromatic rings. The second kappa shape index (κ2) is 7.53. The van der Waals surface area contributed by atoms with Crippen molar-refractivity contribution in [3.63, 3.8) is 0 Å². The van der Waals surface area contributed by atoms with Crippen LogP contribution < -0.4 is 10.8 Å². The van der Waals surface area contributed by atoms with Gasteiger partial charge in [0.25, 0.3) is 11.8 Å². The Hall–Kier alpha value is -2.44. The molecule has 3 N–H and O–H groups in total. The van der Waals surface area contributed by atoms with Gasteiger partial charge in [-0.1, -0.05) is 24.3 Å². The quantitative estimate of drug-likeness (QED) is 0.445. The minimum absolute atomic E-state index is 0.256. The number of hydrogen-bond acceptors (Lipinski definition) is 3. The number of carbonyl (C=O) groups is 2. The maximum absolute atomic E-state index is 12.2. The fourth-order valence-electron chi connectivity index (χ4n) is 1.75. The summed E-state index contributed by atoms with van der Waals surface area (Å²) in [6.45, 7) is 0. The summed E-state index contributed by atoms with van der Waals surface area (Å²) < 4.78 is 0.791. The predicted molar refractivity (Wildman–Crippen MR) is 87.5 cm³/mol. The topological polar surface area (TPSA) is 78.4 Å². The van der Waals surface area contributed by atoms with Gasteiger partial charge in [0, 0.05) is 16.1 Å². The number of rotatable bonds is 4. The van der Waals surface area contributed by atoms with E-state index in [4.69, 9.17) is 5.21 Å². The molecular weight excluding hydrogens is 348 g/mol. The Kier molecular flexibility index (Phi) is 5.46. The van der Waals surface area contributed by atoms with Crippen molar-refractivity contribution in [3.8, 4) is 0 Å². The van der Waals surface area contributed by atoms with E-state index in [2.05, 4.69) is 21.2 Å².